The first-order chi connectivity index (χ1) is 9.27. The van der Waals surface area contributed by atoms with Crippen LogP contribution in [0.15, 0.2) is 24.3 Å². The molecule has 20 heavy (non-hydrogen) atoms. The van der Waals surface area contributed by atoms with Crippen molar-refractivity contribution in [3.63, 3.8) is 0 Å². The van der Waals surface area contributed by atoms with Crippen LogP contribution in [0, 0.1) is 0 Å². The van der Waals surface area contributed by atoms with Crippen LogP contribution in [-0.4, -0.2) is 47.9 Å². The van der Waals surface area contributed by atoms with E-state index in [1.54, 1.807) is 12.1 Å². The molecule has 1 aromatic rings. The molecule has 1 aliphatic rings. The van der Waals surface area contributed by atoms with Gasteiger partial charge in [-0.15, -0.1) is 0 Å². The molecule has 1 atom stereocenters. The van der Waals surface area contributed by atoms with Crippen LogP contribution in [0.25, 0.3) is 0 Å². The van der Waals surface area contributed by atoms with Crippen molar-refractivity contribution in [2.45, 2.75) is 18.2 Å². The Hall–Kier alpha value is -1.76. The zero-order valence-electron chi connectivity index (χ0n) is 10.8. The Morgan fingerprint density at radius 3 is 2.70 bits per heavy atom. The van der Waals surface area contributed by atoms with Gasteiger partial charge < -0.3 is 14.7 Å². The summed E-state index contributed by atoms with van der Waals surface area (Å²) in [5.74, 6) is -0.106. The van der Waals surface area contributed by atoms with Gasteiger partial charge in [-0.2, -0.15) is 13.2 Å². The fourth-order valence-corrected chi connectivity index (χ4v) is 2.14. The van der Waals surface area contributed by atoms with E-state index in [1.165, 1.54) is 19.2 Å². The van der Waals surface area contributed by atoms with Gasteiger partial charge in [0.1, 0.15) is 5.75 Å². The molecule has 7 heteroatoms. The Morgan fingerprint density at radius 1 is 1.45 bits per heavy atom. The van der Waals surface area contributed by atoms with Crippen LogP contribution in [0.3, 0.4) is 0 Å². The highest BCUT2D eigenvalue weighted by Crippen LogP contribution is 2.38. The highest BCUT2D eigenvalue weighted by atomic mass is 19.4. The second-order valence-corrected chi connectivity index (χ2v) is 4.74. The van der Waals surface area contributed by atoms with Crippen molar-refractivity contribution in [2.24, 2.45) is 0 Å². The summed E-state index contributed by atoms with van der Waals surface area (Å²) in [5, 5.41) is 9.55. The van der Waals surface area contributed by atoms with E-state index in [0.717, 1.165) is 4.90 Å². The number of alkyl halides is 3. The van der Waals surface area contributed by atoms with E-state index in [-0.39, 0.29) is 12.1 Å². The van der Waals surface area contributed by atoms with Gasteiger partial charge in [0, 0.05) is 18.5 Å². The molecule has 110 valence electrons. The molecule has 0 unspecified atom stereocenters. The van der Waals surface area contributed by atoms with Crippen molar-refractivity contribution in [1.29, 1.82) is 0 Å². The molecule has 0 spiro atoms. The van der Waals surface area contributed by atoms with Crippen molar-refractivity contribution in [3.8, 4) is 5.75 Å². The molecule has 1 N–H and O–H groups in total. The summed E-state index contributed by atoms with van der Waals surface area (Å²) in [5.41, 5.74) is -2.59. The third-order valence-electron chi connectivity index (χ3n) is 3.38. The highest BCUT2D eigenvalue weighted by Gasteiger charge is 2.57. The summed E-state index contributed by atoms with van der Waals surface area (Å²) in [6.45, 7) is -0.876. The van der Waals surface area contributed by atoms with Gasteiger partial charge in [0.2, 0.25) is 0 Å². The molecule has 0 aromatic heterocycles. The quantitative estimate of drug-likeness (QED) is 0.903. The van der Waals surface area contributed by atoms with Gasteiger partial charge in [0.05, 0.1) is 13.7 Å². The third-order valence-corrected chi connectivity index (χ3v) is 3.38. The largest absolute Gasteiger partial charge is 0.497 e. The number of aliphatic hydroxyl groups is 1. The number of hydrogen-bond acceptors (Lipinski definition) is 3. The number of carbonyl (C=O) groups excluding carboxylic acids is 1. The molecule has 2 rings (SSSR count). The molecule has 1 fully saturated rings. The maximum absolute atomic E-state index is 12.7. The number of β-amino-alcohol motifs (C(OH)–C–C–N with tert-alkyl or cyclic N) is 1. The number of halogens is 3. The minimum atomic E-state index is -4.74. The number of hydrogen-bond donors (Lipinski definition) is 1. The fraction of sp³-hybridized carbons (Fsp3) is 0.462. The van der Waals surface area contributed by atoms with Crippen LogP contribution in [0.1, 0.15) is 16.8 Å². The van der Waals surface area contributed by atoms with E-state index in [2.05, 4.69) is 0 Å². The lowest BCUT2D eigenvalue weighted by Crippen LogP contribution is -2.48. The SMILES string of the molecule is COc1cccc(C(=O)N2CC[C@@](O)(C(F)(F)F)C2)c1. The van der Waals surface area contributed by atoms with Crippen LogP contribution in [0.2, 0.25) is 0 Å². The molecule has 0 bridgehead atoms. The van der Waals surface area contributed by atoms with Crippen molar-refractivity contribution in [1.82, 2.24) is 4.90 Å². The van der Waals surface area contributed by atoms with E-state index in [4.69, 9.17) is 4.74 Å². The number of amides is 1. The molecule has 1 aromatic carbocycles. The van der Waals surface area contributed by atoms with E-state index < -0.39 is 30.7 Å². The molecular formula is C13H14F3NO3. The Labute approximate surface area is 113 Å². The summed E-state index contributed by atoms with van der Waals surface area (Å²) in [6, 6.07) is 6.16. The summed E-state index contributed by atoms with van der Waals surface area (Å²) in [4.78, 5) is 13.1. The lowest BCUT2D eigenvalue weighted by molar-refractivity contribution is -0.253. The number of methoxy groups -OCH3 is 1. The van der Waals surface area contributed by atoms with Crippen molar-refractivity contribution in [2.75, 3.05) is 20.2 Å². The predicted molar refractivity (Wildman–Crippen MR) is 64.5 cm³/mol. The predicted octanol–water partition coefficient (Wildman–Crippen LogP) is 1.83. The summed E-state index contributed by atoms with van der Waals surface area (Å²) in [6.07, 6.45) is -5.25. The van der Waals surface area contributed by atoms with Gasteiger partial charge in [-0.3, -0.25) is 4.79 Å². The molecule has 4 nitrogen and oxygen atoms in total. The Balaban J connectivity index is 2.16. The smallest absolute Gasteiger partial charge is 0.419 e. The van der Waals surface area contributed by atoms with Gasteiger partial charge in [-0.25, -0.2) is 0 Å². The number of likely N-dealkylation sites (tertiary alicyclic amines) is 1. The van der Waals surface area contributed by atoms with Crippen LogP contribution in [0.5, 0.6) is 5.75 Å². The van der Waals surface area contributed by atoms with Gasteiger partial charge in [0.15, 0.2) is 5.60 Å². The lowest BCUT2D eigenvalue weighted by atomic mass is 10.0. The average molecular weight is 289 g/mol. The molecule has 1 amide bonds. The first-order valence-corrected chi connectivity index (χ1v) is 5.99. The maximum Gasteiger partial charge on any atom is 0.419 e. The van der Waals surface area contributed by atoms with E-state index in [1.807, 2.05) is 0 Å². The fourth-order valence-electron chi connectivity index (χ4n) is 2.14. The van der Waals surface area contributed by atoms with Crippen LogP contribution >= 0.6 is 0 Å². The maximum atomic E-state index is 12.7. The van der Waals surface area contributed by atoms with Crippen molar-refractivity contribution >= 4 is 5.91 Å². The number of rotatable bonds is 2. The van der Waals surface area contributed by atoms with Crippen molar-refractivity contribution in [3.05, 3.63) is 29.8 Å². The number of ether oxygens (including phenoxy) is 1. The number of benzene rings is 1. The van der Waals surface area contributed by atoms with Crippen molar-refractivity contribution < 1.29 is 27.8 Å². The van der Waals surface area contributed by atoms with Crippen LogP contribution in [-0.2, 0) is 0 Å². The lowest BCUT2D eigenvalue weighted by Gasteiger charge is -2.25. The first kappa shape index (κ1) is 14.6. The average Bonchev–Trinajstić information content (AvgIpc) is 2.81. The van der Waals surface area contributed by atoms with Crippen LogP contribution in [0.4, 0.5) is 13.2 Å². The number of nitrogens with zero attached hydrogens (tertiary/aromatic N) is 1. The Kier molecular flexibility index (Phi) is 3.64. The minimum Gasteiger partial charge on any atom is -0.497 e. The van der Waals surface area contributed by atoms with E-state index in [0.29, 0.717) is 5.75 Å². The van der Waals surface area contributed by atoms with Gasteiger partial charge in [0.25, 0.3) is 5.91 Å². The van der Waals surface area contributed by atoms with Crippen LogP contribution < -0.4 is 4.74 Å². The highest BCUT2D eigenvalue weighted by molar-refractivity contribution is 5.94. The zero-order chi connectivity index (χ0) is 15.0. The topological polar surface area (TPSA) is 49.8 Å². The molecule has 0 saturated carbocycles. The van der Waals surface area contributed by atoms with Gasteiger partial charge in [-0.05, 0) is 18.2 Å². The summed E-state index contributed by atoms with van der Waals surface area (Å²) >= 11 is 0. The zero-order valence-corrected chi connectivity index (χ0v) is 10.8. The Bertz CT molecular complexity index is 518. The summed E-state index contributed by atoms with van der Waals surface area (Å²) < 4.78 is 43.0. The normalized spacial score (nSPS) is 22.9. The van der Waals surface area contributed by atoms with E-state index >= 15 is 0 Å². The monoisotopic (exact) mass is 289 g/mol. The molecule has 1 saturated heterocycles. The Morgan fingerprint density at radius 2 is 2.15 bits per heavy atom. The second kappa shape index (κ2) is 4.97. The number of carbonyl (C=O) groups is 1. The molecule has 1 heterocycles. The molecule has 0 aliphatic carbocycles. The van der Waals surface area contributed by atoms with Gasteiger partial charge >= 0.3 is 6.18 Å². The first-order valence-electron chi connectivity index (χ1n) is 5.99. The molecular weight excluding hydrogens is 275 g/mol. The van der Waals surface area contributed by atoms with Gasteiger partial charge in [-0.1, -0.05) is 6.07 Å². The standard InChI is InChI=1S/C13H14F3NO3/c1-20-10-4-2-3-9(7-10)11(18)17-6-5-12(19,8-17)13(14,15)16/h2-4,7,19H,5-6,8H2,1H3/t12-/m0/s1. The minimum absolute atomic E-state index is 0.133. The third kappa shape index (κ3) is 2.58. The van der Waals surface area contributed by atoms with E-state index in [9.17, 15) is 23.1 Å². The second-order valence-electron chi connectivity index (χ2n) is 4.74. The molecule has 1 aliphatic heterocycles. The summed E-state index contributed by atoms with van der Waals surface area (Å²) in [7, 11) is 1.43. The molecule has 0 radical (unpaired) electrons.